The van der Waals surface area contributed by atoms with Crippen molar-refractivity contribution in [1.82, 2.24) is 9.97 Å². The quantitative estimate of drug-likeness (QED) is 0.152. The van der Waals surface area contributed by atoms with Crippen LogP contribution in [0.1, 0.15) is 21.5 Å². The summed E-state index contributed by atoms with van der Waals surface area (Å²) in [4.78, 5) is 32.8. The first-order chi connectivity index (χ1) is 20.2. The first kappa shape index (κ1) is 28.0. The monoisotopic (exact) mass is 570 g/mol. The molecule has 0 spiro atoms. The third-order valence-corrected chi connectivity index (χ3v) is 6.20. The van der Waals surface area contributed by atoms with Crippen LogP contribution in [0, 0.1) is 10.1 Å². The lowest BCUT2D eigenvalue weighted by Crippen LogP contribution is -2.16. The number of nitrogens with zero attached hydrogens (tertiary/aromatic N) is 3. The van der Waals surface area contributed by atoms with Gasteiger partial charge in [0.1, 0.15) is 12.2 Å². The van der Waals surface area contributed by atoms with Crippen LogP contribution in [-0.4, -0.2) is 20.8 Å². The van der Waals surface area contributed by atoms with Crippen LogP contribution in [0.3, 0.4) is 0 Å². The predicted molar refractivity (Wildman–Crippen MR) is 150 cm³/mol. The number of carbonyl (C=O) groups excluding carboxylic acids is 1. The van der Waals surface area contributed by atoms with Gasteiger partial charge in [0.05, 0.1) is 10.5 Å². The Labute approximate surface area is 237 Å². The molecule has 0 aliphatic carbocycles. The number of non-ortho nitro benzene ring substituents is 1. The van der Waals surface area contributed by atoms with E-state index in [9.17, 15) is 28.1 Å². The molecule has 42 heavy (non-hydrogen) atoms. The van der Waals surface area contributed by atoms with E-state index in [0.717, 1.165) is 23.3 Å². The molecule has 0 atom stereocenters. The van der Waals surface area contributed by atoms with E-state index >= 15 is 0 Å². The highest BCUT2D eigenvalue weighted by atomic mass is 19.4. The fourth-order valence-corrected chi connectivity index (χ4v) is 4.17. The van der Waals surface area contributed by atoms with Crippen LogP contribution in [0.2, 0.25) is 0 Å². The van der Waals surface area contributed by atoms with Crippen molar-refractivity contribution < 1.29 is 27.6 Å². The summed E-state index contributed by atoms with van der Waals surface area (Å²) in [6.07, 6.45) is -3.33. The van der Waals surface area contributed by atoms with Crippen LogP contribution in [0.4, 0.5) is 24.5 Å². The van der Waals surface area contributed by atoms with Gasteiger partial charge in [0.2, 0.25) is 5.88 Å². The second kappa shape index (κ2) is 11.9. The van der Waals surface area contributed by atoms with E-state index in [1.165, 1.54) is 36.5 Å². The summed E-state index contributed by atoms with van der Waals surface area (Å²) < 4.78 is 45.5. The zero-order valence-corrected chi connectivity index (χ0v) is 21.7. The third-order valence-electron chi connectivity index (χ3n) is 6.20. The molecule has 0 aliphatic rings. The molecule has 4 aromatic carbocycles. The molecule has 0 radical (unpaired) electrons. The Hall–Kier alpha value is -5.58. The second-order valence-electron chi connectivity index (χ2n) is 9.07. The number of nitro groups is 1. The number of ether oxygens (including phenoxy) is 1. The molecular weight excluding hydrogens is 549 g/mol. The minimum Gasteiger partial charge on any atom is -0.472 e. The fourth-order valence-electron chi connectivity index (χ4n) is 4.17. The van der Waals surface area contributed by atoms with Crippen molar-refractivity contribution in [1.29, 1.82) is 0 Å². The molecule has 11 heteroatoms. The highest BCUT2D eigenvalue weighted by Gasteiger charge is 2.30. The number of rotatable bonds is 8. The van der Waals surface area contributed by atoms with E-state index < -0.39 is 22.6 Å². The van der Waals surface area contributed by atoms with E-state index in [1.807, 2.05) is 42.5 Å². The molecule has 8 nitrogen and oxygen atoms in total. The van der Waals surface area contributed by atoms with Crippen molar-refractivity contribution in [2.75, 3.05) is 5.32 Å². The minimum atomic E-state index is -4.54. The number of amides is 1. The van der Waals surface area contributed by atoms with Gasteiger partial charge < -0.3 is 10.1 Å². The van der Waals surface area contributed by atoms with Crippen LogP contribution in [0.15, 0.2) is 109 Å². The lowest BCUT2D eigenvalue weighted by molar-refractivity contribution is -0.384. The van der Waals surface area contributed by atoms with E-state index in [2.05, 4.69) is 15.3 Å². The molecule has 1 amide bonds. The molecule has 210 valence electrons. The zero-order chi connectivity index (χ0) is 29.7. The van der Waals surface area contributed by atoms with E-state index in [1.54, 1.807) is 18.2 Å². The second-order valence-corrected chi connectivity index (χ2v) is 9.07. The summed E-state index contributed by atoms with van der Waals surface area (Å²) in [6, 6.07) is 26.7. The highest BCUT2D eigenvalue weighted by Crippen LogP contribution is 2.31. The van der Waals surface area contributed by atoms with Gasteiger partial charge in [-0.25, -0.2) is 4.98 Å². The van der Waals surface area contributed by atoms with Crippen molar-refractivity contribution in [3.8, 4) is 28.4 Å². The van der Waals surface area contributed by atoms with Gasteiger partial charge in [-0.15, -0.1) is 0 Å². The van der Waals surface area contributed by atoms with Crippen molar-refractivity contribution in [2.24, 2.45) is 0 Å². The van der Waals surface area contributed by atoms with Crippen LogP contribution in [0.25, 0.3) is 22.5 Å². The third kappa shape index (κ3) is 6.41. The number of nitrogens with one attached hydrogen (secondary N) is 1. The standard InChI is InChI=1S/C31H21F3N4O4/c32-31(33,34)23-12-6-8-20(16-23)19-42-30-26(18-35-28(37-30)22-11-7-13-24(17-22)38(40)41)29(39)36-27-15-5-4-14-25(27)21-9-2-1-3-10-21/h1-18H,19H2,(H,36,39). The first-order valence-corrected chi connectivity index (χ1v) is 12.6. The molecule has 0 saturated carbocycles. The highest BCUT2D eigenvalue weighted by molar-refractivity contribution is 6.07. The number of benzene rings is 4. The van der Waals surface area contributed by atoms with Gasteiger partial charge in [-0.05, 0) is 29.3 Å². The van der Waals surface area contributed by atoms with Gasteiger partial charge in [0, 0.05) is 35.1 Å². The number of anilines is 1. The molecule has 0 saturated heterocycles. The normalized spacial score (nSPS) is 11.1. The molecule has 0 fully saturated rings. The number of aromatic nitrogens is 2. The number of alkyl halides is 3. The van der Waals surface area contributed by atoms with Crippen molar-refractivity contribution in [3.63, 3.8) is 0 Å². The number of para-hydroxylation sites is 1. The van der Waals surface area contributed by atoms with Crippen LogP contribution >= 0.6 is 0 Å². The van der Waals surface area contributed by atoms with Crippen LogP contribution < -0.4 is 10.1 Å². The minimum absolute atomic E-state index is 0.0268. The topological polar surface area (TPSA) is 107 Å². The Kier molecular flexibility index (Phi) is 7.91. The maximum Gasteiger partial charge on any atom is 0.416 e. The fraction of sp³-hybridized carbons (Fsp3) is 0.0645. The Morgan fingerprint density at radius 1 is 0.881 bits per heavy atom. The summed E-state index contributed by atoms with van der Waals surface area (Å²) in [5.41, 5.74) is 1.48. The maximum absolute atomic E-state index is 13.5. The average molecular weight is 571 g/mol. The van der Waals surface area contributed by atoms with Gasteiger partial charge in [0.25, 0.3) is 11.6 Å². The number of carbonyl (C=O) groups is 1. The van der Waals surface area contributed by atoms with Crippen molar-refractivity contribution in [3.05, 3.63) is 136 Å². The molecular formula is C31H21F3N4O4. The summed E-state index contributed by atoms with van der Waals surface area (Å²) in [6.45, 7) is -0.337. The number of halogens is 3. The van der Waals surface area contributed by atoms with E-state index in [4.69, 9.17) is 4.74 Å². The lowest BCUT2D eigenvalue weighted by atomic mass is 10.0. The van der Waals surface area contributed by atoms with Gasteiger partial charge in [-0.1, -0.05) is 72.8 Å². The Bertz CT molecular complexity index is 1760. The van der Waals surface area contributed by atoms with Gasteiger partial charge >= 0.3 is 6.18 Å². The van der Waals surface area contributed by atoms with Crippen molar-refractivity contribution >= 4 is 17.3 Å². The molecule has 0 bridgehead atoms. The average Bonchev–Trinajstić information content (AvgIpc) is 3.00. The maximum atomic E-state index is 13.5. The summed E-state index contributed by atoms with van der Waals surface area (Å²) >= 11 is 0. The number of hydrogen-bond donors (Lipinski definition) is 1. The lowest BCUT2D eigenvalue weighted by Gasteiger charge is -2.15. The zero-order valence-electron chi connectivity index (χ0n) is 21.7. The molecule has 5 rings (SSSR count). The molecule has 1 N–H and O–H groups in total. The van der Waals surface area contributed by atoms with Crippen LogP contribution in [0.5, 0.6) is 5.88 Å². The smallest absolute Gasteiger partial charge is 0.416 e. The number of nitro benzene ring substituents is 1. The van der Waals surface area contributed by atoms with Gasteiger partial charge in [0.15, 0.2) is 5.82 Å². The summed E-state index contributed by atoms with van der Waals surface area (Å²) in [5, 5.41) is 14.1. The SMILES string of the molecule is O=C(Nc1ccccc1-c1ccccc1)c1cnc(-c2cccc([N+](=O)[O-])c2)nc1OCc1cccc(C(F)(F)F)c1. The largest absolute Gasteiger partial charge is 0.472 e. The van der Waals surface area contributed by atoms with Crippen molar-refractivity contribution in [2.45, 2.75) is 12.8 Å². The van der Waals surface area contributed by atoms with Gasteiger partial charge in [-0.3, -0.25) is 14.9 Å². The summed E-state index contributed by atoms with van der Waals surface area (Å²) in [5.74, 6) is -0.805. The van der Waals surface area contributed by atoms with E-state index in [0.29, 0.717) is 5.69 Å². The van der Waals surface area contributed by atoms with E-state index in [-0.39, 0.29) is 40.7 Å². The van der Waals surface area contributed by atoms with Gasteiger partial charge in [-0.2, -0.15) is 18.2 Å². The Morgan fingerprint density at radius 2 is 1.60 bits per heavy atom. The molecule has 1 heterocycles. The molecule has 0 unspecified atom stereocenters. The molecule has 1 aromatic heterocycles. The Morgan fingerprint density at radius 3 is 2.36 bits per heavy atom. The first-order valence-electron chi connectivity index (χ1n) is 12.6. The molecule has 0 aliphatic heterocycles. The Balaban J connectivity index is 1.50. The molecule has 5 aromatic rings. The predicted octanol–water partition coefficient (Wildman–Crippen LogP) is 7.57. The van der Waals surface area contributed by atoms with Crippen LogP contribution in [-0.2, 0) is 12.8 Å². The number of hydrogen-bond acceptors (Lipinski definition) is 6. The summed E-state index contributed by atoms with van der Waals surface area (Å²) in [7, 11) is 0.